The molecule has 0 atom stereocenters. The van der Waals surface area contributed by atoms with Gasteiger partial charge in [0.1, 0.15) is 5.75 Å². The van der Waals surface area contributed by atoms with Gasteiger partial charge in [0.05, 0.1) is 12.0 Å². The summed E-state index contributed by atoms with van der Waals surface area (Å²) in [5.41, 5.74) is 2.19. The molecule has 3 rings (SSSR count). The van der Waals surface area contributed by atoms with E-state index >= 15 is 0 Å². The van der Waals surface area contributed by atoms with Crippen LogP contribution in [0.5, 0.6) is 5.75 Å². The van der Waals surface area contributed by atoms with Gasteiger partial charge in [-0.2, -0.15) is 4.31 Å². The van der Waals surface area contributed by atoms with Crippen molar-refractivity contribution in [2.75, 3.05) is 25.1 Å². The number of methoxy groups -OCH3 is 1. The molecule has 30 heavy (non-hydrogen) atoms. The van der Waals surface area contributed by atoms with Crippen LogP contribution in [0.15, 0.2) is 53.4 Å². The van der Waals surface area contributed by atoms with Crippen molar-refractivity contribution in [3.63, 3.8) is 0 Å². The molecule has 1 aliphatic rings. The summed E-state index contributed by atoms with van der Waals surface area (Å²) in [4.78, 5) is 2.62. The lowest BCUT2D eigenvalue weighted by Crippen LogP contribution is -2.40. The zero-order chi connectivity index (χ0) is 21.6. The van der Waals surface area contributed by atoms with E-state index in [1.54, 1.807) is 35.7 Å². The molecule has 0 N–H and O–H groups in total. The Labute approximate surface area is 181 Å². The lowest BCUT2D eigenvalue weighted by Gasteiger charge is -2.33. The van der Waals surface area contributed by atoms with E-state index in [2.05, 4.69) is 43.0 Å². The molecule has 1 saturated carbocycles. The Morgan fingerprint density at radius 2 is 1.50 bits per heavy atom. The van der Waals surface area contributed by atoms with Crippen LogP contribution in [0, 0.1) is 0 Å². The minimum Gasteiger partial charge on any atom is -0.497 e. The average Bonchev–Trinajstić information content (AvgIpc) is 2.79. The molecule has 2 aromatic carbocycles. The molecule has 164 valence electrons. The number of nitrogens with zero attached hydrogens (tertiary/aromatic N) is 2. The van der Waals surface area contributed by atoms with Gasteiger partial charge in [-0.3, -0.25) is 0 Å². The molecule has 0 spiro atoms. The van der Waals surface area contributed by atoms with Crippen LogP contribution in [0.4, 0.5) is 5.69 Å². The Bertz CT molecular complexity index is 885. The third kappa shape index (κ3) is 5.16. The maximum Gasteiger partial charge on any atom is 0.243 e. The first-order valence-electron chi connectivity index (χ1n) is 11.0. The molecule has 0 saturated heterocycles. The summed E-state index contributed by atoms with van der Waals surface area (Å²) in [6.45, 7) is 6.59. The minimum absolute atomic E-state index is 0.0494. The summed E-state index contributed by atoms with van der Waals surface area (Å²) in [7, 11) is -2.01. The van der Waals surface area contributed by atoms with Crippen LogP contribution in [0.1, 0.15) is 51.5 Å². The third-order valence-corrected chi connectivity index (χ3v) is 7.96. The minimum atomic E-state index is -3.59. The van der Waals surface area contributed by atoms with Gasteiger partial charge < -0.3 is 9.64 Å². The van der Waals surface area contributed by atoms with Gasteiger partial charge in [-0.15, -0.1) is 0 Å². The van der Waals surface area contributed by atoms with Gasteiger partial charge in [0.15, 0.2) is 0 Å². The fraction of sp³-hybridized carbons (Fsp3) is 0.500. The predicted octanol–water partition coefficient (Wildman–Crippen LogP) is 5.07. The number of hydrogen-bond donors (Lipinski definition) is 0. The maximum absolute atomic E-state index is 13.6. The summed E-state index contributed by atoms with van der Waals surface area (Å²) < 4.78 is 34.1. The second-order valence-electron chi connectivity index (χ2n) is 7.86. The topological polar surface area (TPSA) is 49.9 Å². The molecule has 6 heteroatoms. The molecule has 0 heterocycles. The predicted molar refractivity (Wildman–Crippen MR) is 123 cm³/mol. The first-order chi connectivity index (χ1) is 14.5. The van der Waals surface area contributed by atoms with Gasteiger partial charge in [-0.1, -0.05) is 31.4 Å². The van der Waals surface area contributed by atoms with E-state index in [1.165, 1.54) is 12.1 Å². The van der Waals surface area contributed by atoms with Crippen LogP contribution in [0.25, 0.3) is 0 Å². The van der Waals surface area contributed by atoms with Crippen molar-refractivity contribution >= 4 is 15.7 Å². The number of sulfonamides is 1. The second-order valence-corrected chi connectivity index (χ2v) is 9.75. The van der Waals surface area contributed by atoms with E-state index in [4.69, 9.17) is 4.74 Å². The van der Waals surface area contributed by atoms with Crippen molar-refractivity contribution in [1.82, 2.24) is 4.31 Å². The van der Waals surface area contributed by atoms with Crippen LogP contribution in [-0.4, -0.2) is 39.0 Å². The Morgan fingerprint density at radius 1 is 0.900 bits per heavy atom. The molecule has 1 fully saturated rings. The lowest BCUT2D eigenvalue weighted by atomic mass is 9.95. The van der Waals surface area contributed by atoms with E-state index in [9.17, 15) is 8.42 Å². The van der Waals surface area contributed by atoms with Crippen molar-refractivity contribution in [3.05, 3.63) is 54.1 Å². The first kappa shape index (κ1) is 22.6. The quantitative estimate of drug-likeness (QED) is 0.558. The highest BCUT2D eigenvalue weighted by atomic mass is 32.2. The van der Waals surface area contributed by atoms with Crippen LogP contribution < -0.4 is 9.64 Å². The molecule has 0 aliphatic heterocycles. The molecule has 2 aromatic rings. The van der Waals surface area contributed by atoms with Crippen LogP contribution in [0.2, 0.25) is 0 Å². The summed E-state index contributed by atoms with van der Waals surface area (Å²) in [5.74, 6) is 0.658. The van der Waals surface area contributed by atoms with Crippen molar-refractivity contribution in [2.24, 2.45) is 0 Å². The largest absolute Gasteiger partial charge is 0.497 e. The fourth-order valence-corrected chi connectivity index (χ4v) is 5.92. The van der Waals surface area contributed by atoms with Crippen molar-refractivity contribution in [1.29, 1.82) is 0 Å². The zero-order valence-electron chi connectivity index (χ0n) is 18.4. The Balaban J connectivity index is 1.88. The van der Waals surface area contributed by atoms with E-state index in [-0.39, 0.29) is 6.04 Å². The molecular weight excluding hydrogens is 396 g/mol. The van der Waals surface area contributed by atoms with Gasteiger partial charge in [0.2, 0.25) is 10.0 Å². The van der Waals surface area contributed by atoms with Crippen molar-refractivity contribution in [3.8, 4) is 5.75 Å². The number of anilines is 1. The summed E-state index contributed by atoms with van der Waals surface area (Å²) in [6, 6.07) is 15.1. The van der Waals surface area contributed by atoms with E-state index in [1.807, 2.05) is 0 Å². The summed E-state index contributed by atoms with van der Waals surface area (Å²) >= 11 is 0. The number of rotatable bonds is 9. The van der Waals surface area contributed by atoms with Gasteiger partial charge in [-0.25, -0.2) is 8.42 Å². The highest BCUT2D eigenvalue weighted by Crippen LogP contribution is 2.30. The molecule has 1 aliphatic carbocycles. The second kappa shape index (κ2) is 10.3. The van der Waals surface area contributed by atoms with Crippen molar-refractivity contribution in [2.45, 2.75) is 63.4 Å². The molecule has 0 radical (unpaired) electrons. The fourth-order valence-electron chi connectivity index (χ4n) is 4.24. The Kier molecular flexibility index (Phi) is 7.78. The molecule has 0 bridgehead atoms. The molecule has 0 unspecified atom stereocenters. The SMILES string of the molecule is CCN(CC)c1ccc(CN(C2CCCCC2)S(=O)(=O)c2ccc(OC)cc2)cc1. The highest BCUT2D eigenvalue weighted by Gasteiger charge is 2.32. The smallest absolute Gasteiger partial charge is 0.243 e. The molecule has 5 nitrogen and oxygen atoms in total. The van der Waals surface area contributed by atoms with E-state index in [0.717, 1.165) is 44.3 Å². The third-order valence-electron chi connectivity index (χ3n) is 6.05. The zero-order valence-corrected chi connectivity index (χ0v) is 19.2. The Hall–Kier alpha value is -2.05. The molecule has 0 aromatic heterocycles. The van der Waals surface area contributed by atoms with E-state index < -0.39 is 10.0 Å². The standard InChI is InChI=1S/C24H34N2O3S/c1-4-25(5-2)21-13-11-20(12-14-21)19-26(22-9-7-6-8-10-22)30(27,28)24-17-15-23(29-3)16-18-24/h11-18,22H,4-10,19H2,1-3H3. The van der Waals surface area contributed by atoms with Crippen LogP contribution in [0.3, 0.4) is 0 Å². The van der Waals surface area contributed by atoms with E-state index in [0.29, 0.717) is 17.2 Å². The van der Waals surface area contributed by atoms with Gasteiger partial charge in [0, 0.05) is 31.4 Å². The van der Waals surface area contributed by atoms with Gasteiger partial charge >= 0.3 is 0 Å². The normalized spacial score (nSPS) is 15.3. The Morgan fingerprint density at radius 3 is 2.03 bits per heavy atom. The lowest BCUT2D eigenvalue weighted by molar-refractivity contribution is 0.247. The average molecular weight is 431 g/mol. The van der Waals surface area contributed by atoms with Gasteiger partial charge in [0.25, 0.3) is 0 Å². The molecular formula is C24H34N2O3S. The summed E-state index contributed by atoms with van der Waals surface area (Å²) in [6.07, 6.45) is 5.20. The maximum atomic E-state index is 13.6. The number of hydrogen-bond acceptors (Lipinski definition) is 4. The van der Waals surface area contributed by atoms with Crippen LogP contribution >= 0.6 is 0 Å². The number of benzene rings is 2. The van der Waals surface area contributed by atoms with Crippen LogP contribution in [-0.2, 0) is 16.6 Å². The molecule has 0 amide bonds. The number of ether oxygens (including phenoxy) is 1. The highest BCUT2D eigenvalue weighted by molar-refractivity contribution is 7.89. The van der Waals surface area contributed by atoms with Gasteiger partial charge in [-0.05, 0) is 68.7 Å². The first-order valence-corrected chi connectivity index (χ1v) is 12.4. The monoisotopic (exact) mass is 430 g/mol. The summed E-state index contributed by atoms with van der Waals surface area (Å²) in [5, 5.41) is 0. The van der Waals surface area contributed by atoms with Crippen molar-refractivity contribution < 1.29 is 13.2 Å².